The molecule has 0 saturated carbocycles. The van der Waals surface area contributed by atoms with Gasteiger partial charge in [0.05, 0.1) is 4.88 Å². The molecular weight excluding hydrogens is 312 g/mol. The van der Waals surface area contributed by atoms with E-state index in [-0.39, 0.29) is 17.5 Å². The summed E-state index contributed by atoms with van der Waals surface area (Å²) in [7, 11) is 1.71. The predicted molar refractivity (Wildman–Crippen MR) is 87.6 cm³/mol. The van der Waals surface area contributed by atoms with E-state index in [9.17, 15) is 14.4 Å². The van der Waals surface area contributed by atoms with Gasteiger partial charge in [-0.3, -0.25) is 19.4 Å². The van der Waals surface area contributed by atoms with Gasteiger partial charge in [0.15, 0.2) is 11.6 Å². The van der Waals surface area contributed by atoms with Crippen LogP contribution in [0.1, 0.15) is 33.4 Å². The number of likely N-dealkylation sites (tertiary alicyclic amines) is 1. The third-order valence-electron chi connectivity index (χ3n) is 4.00. The maximum Gasteiger partial charge on any atom is 0.233 e. The molecule has 1 aliphatic heterocycles. The van der Waals surface area contributed by atoms with Crippen molar-refractivity contribution in [2.75, 3.05) is 13.6 Å². The number of ketones is 2. The van der Waals surface area contributed by atoms with Crippen molar-refractivity contribution >= 4 is 28.8 Å². The standard InChI is InChI=1S/C17H16N2O3S/c1-10(20)14-3-4-15(23-14)11-7-12(9-18-8-11)16(21)13-5-6-19(2)17(13)22/h3-4,7-9,13H,5-6H2,1-2H3. The molecule has 0 radical (unpaired) electrons. The molecule has 1 unspecified atom stereocenters. The molecule has 0 N–H and O–H groups in total. The van der Waals surface area contributed by atoms with Crippen LogP contribution in [0.25, 0.3) is 10.4 Å². The van der Waals surface area contributed by atoms with Crippen LogP contribution in [0.3, 0.4) is 0 Å². The highest BCUT2D eigenvalue weighted by Gasteiger charge is 2.35. The van der Waals surface area contributed by atoms with Crippen molar-refractivity contribution in [2.24, 2.45) is 5.92 Å². The number of amides is 1. The molecule has 1 atom stereocenters. The summed E-state index contributed by atoms with van der Waals surface area (Å²) in [5, 5.41) is 0. The Morgan fingerprint density at radius 2 is 2.09 bits per heavy atom. The number of pyridine rings is 1. The number of Topliss-reactive ketones (excluding diaryl/α,β-unsaturated/α-hetero) is 2. The first-order chi connectivity index (χ1) is 11.0. The molecule has 0 aromatic carbocycles. The van der Waals surface area contributed by atoms with Crippen LogP contribution < -0.4 is 0 Å². The summed E-state index contributed by atoms with van der Waals surface area (Å²) in [6.07, 6.45) is 3.71. The topological polar surface area (TPSA) is 67.3 Å². The van der Waals surface area contributed by atoms with E-state index < -0.39 is 5.92 Å². The van der Waals surface area contributed by atoms with Gasteiger partial charge in [0.1, 0.15) is 5.92 Å². The number of carbonyl (C=O) groups excluding carboxylic acids is 3. The fraction of sp³-hybridized carbons (Fsp3) is 0.294. The van der Waals surface area contributed by atoms with Crippen LogP contribution in [0.15, 0.2) is 30.6 Å². The molecule has 1 fully saturated rings. The summed E-state index contributed by atoms with van der Waals surface area (Å²) in [6, 6.07) is 5.37. The van der Waals surface area contributed by atoms with Crippen LogP contribution in [0.4, 0.5) is 0 Å². The van der Waals surface area contributed by atoms with Crippen LogP contribution in [0.2, 0.25) is 0 Å². The van der Waals surface area contributed by atoms with Crippen LogP contribution in [-0.4, -0.2) is 40.9 Å². The van der Waals surface area contributed by atoms with Gasteiger partial charge in [-0.2, -0.15) is 0 Å². The Bertz CT molecular complexity index is 797. The van der Waals surface area contributed by atoms with E-state index in [1.54, 1.807) is 30.3 Å². The highest BCUT2D eigenvalue weighted by atomic mass is 32.1. The second-order valence-electron chi connectivity index (χ2n) is 5.65. The summed E-state index contributed by atoms with van der Waals surface area (Å²) in [5.41, 5.74) is 1.22. The van der Waals surface area contributed by atoms with E-state index in [2.05, 4.69) is 4.98 Å². The SMILES string of the molecule is CC(=O)c1ccc(-c2cncc(C(=O)C3CCN(C)C3=O)c2)s1. The molecule has 6 heteroatoms. The van der Waals surface area contributed by atoms with Gasteiger partial charge in [0, 0.05) is 42.0 Å². The van der Waals surface area contributed by atoms with Gasteiger partial charge >= 0.3 is 0 Å². The van der Waals surface area contributed by atoms with Crippen LogP contribution in [0.5, 0.6) is 0 Å². The summed E-state index contributed by atoms with van der Waals surface area (Å²) in [5.74, 6) is -0.901. The predicted octanol–water partition coefficient (Wildman–Crippen LogP) is 2.67. The minimum atomic E-state index is -0.604. The molecule has 3 heterocycles. The lowest BCUT2D eigenvalue weighted by Gasteiger charge is -2.09. The number of rotatable bonds is 4. The smallest absolute Gasteiger partial charge is 0.233 e. The van der Waals surface area contributed by atoms with Gasteiger partial charge in [0.2, 0.25) is 5.91 Å². The van der Waals surface area contributed by atoms with Gasteiger partial charge in [-0.25, -0.2) is 0 Å². The zero-order chi connectivity index (χ0) is 16.6. The first-order valence-corrected chi connectivity index (χ1v) is 8.14. The van der Waals surface area contributed by atoms with Crippen molar-refractivity contribution < 1.29 is 14.4 Å². The van der Waals surface area contributed by atoms with Crippen molar-refractivity contribution in [3.05, 3.63) is 41.0 Å². The Morgan fingerprint density at radius 1 is 1.30 bits per heavy atom. The Hall–Kier alpha value is -2.34. The van der Waals surface area contributed by atoms with E-state index in [1.807, 2.05) is 6.07 Å². The molecule has 5 nitrogen and oxygen atoms in total. The molecule has 2 aromatic heterocycles. The first-order valence-electron chi connectivity index (χ1n) is 7.33. The lowest BCUT2D eigenvalue weighted by molar-refractivity contribution is -0.128. The van der Waals surface area contributed by atoms with E-state index in [0.717, 1.165) is 10.4 Å². The van der Waals surface area contributed by atoms with Crippen LogP contribution in [0, 0.1) is 5.92 Å². The Balaban J connectivity index is 1.89. The summed E-state index contributed by atoms with van der Waals surface area (Å²) < 4.78 is 0. The first kappa shape index (κ1) is 15.6. The summed E-state index contributed by atoms with van der Waals surface area (Å²) in [4.78, 5) is 43.2. The Kier molecular flexibility index (Phi) is 4.09. The molecule has 118 valence electrons. The van der Waals surface area contributed by atoms with Crippen molar-refractivity contribution in [2.45, 2.75) is 13.3 Å². The zero-order valence-corrected chi connectivity index (χ0v) is 13.7. The number of nitrogens with zero attached hydrogens (tertiary/aromatic N) is 2. The molecular formula is C17H16N2O3S. The Labute approximate surface area is 138 Å². The van der Waals surface area contributed by atoms with E-state index in [4.69, 9.17) is 0 Å². The Morgan fingerprint density at radius 3 is 2.70 bits per heavy atom. The lowest BCUT2D eigenvalue weighted by atomic mass is 9.96. The minimum Gasteiger partial charge on any atom is -0.345 e. The molecule has 0 spiro atoms. The van der Waals surface area contributed by atoms with Crippen molar-refractivity contribution in [3.63, 3.8) is 0 Å². The summed E-state index contributed by atoms with van der Waals surface area (Å²) in [6.45, 7) is 2.13. The van der Waals surface area contributed by atoms with E-state index in [1.165, 1.54) is 24.5 Å². The molecule has 0 bridgehead atoms. The normalized spacial score (nSPS) is 17.6. The van der Waals surface area contributed by atoms with Crippen LogP contribution in [-0.2, 0) is 4.79 Å². The number of carbonyl (C=O) groups is 3. The lowest BCUT2D eigenvalue weighted by Crippen LogP contribution is -2.27. The molecule has 2 aromatic rings. The van der Waals surface area contributed by atoms with E-state index in [0.29, 0.717) is 23.4 Å². The largest absolute Gasteiger partial charge is 0.345 e. The average molecular weight is 328 g/mol. The van der Waals surface area contributed by atoms with Gasteiger partial charge in [-0.15, -0.1) is 11.3 Å². The molecule has 23 heavy (non-hydrogen) atoms. The second-order valence-corrected chi connectivity index (χ2v) is 6.73. The molecule has 1 saturated heterocycles. The highest BCUT2D eigenvalue weighted by Crippen LogP contribution is 2.29. The zero-order valence-electron chi connectivity index (χ0n) is 12.9. The number of aromatic nitrogens is 1. The van der Waals surface area contributed by atoms with Crippen molar-refractivity contribution in [1.82, 2.24) is 9.88 Å². The number of thiophene rings is 1. The molecule has 0 aliphatic carbocycles. The van der Waals surface area contributed by atoms with Gasteiger partial charge in [-0.1, -0.05) is 0 Å². The molecule has 1 amide bonds. The fourth-order valence-corrected chi connectivity index (χ4v) is 3.54. The van der Waals surface area contributed by atoms with Gasteiger partial charge in [0.25, 0.3) is 0 Å². The maximum atomic E-state index is 12.6. The van der Waals surface area contributed by atoms with Crippen molar-refractivity contribution in [3.8, 4) is 10.4 Å². The summed E-state index contributed by atoms with van der Waals surface area (Å²) >= 11 is 1.37. The fourth-order valence-electron chi connectivity index (χ4n) is 2.66. The quantitative estimate of drug-likeness (QED) is 0.639. The monoisotopic (exact) mass is 328 g/mol. The second kappa shape index (κ2) is 6.04. The third kappa shape index (κ3) is 2.94. The highest BCUT2D eigenvalue weighted by molar-refractivity contribution is 7.17. The van der Waals surface area contributed by atoms with Crippen LogP contribution >= 0.6 is 11.3 Å². The molecule has 3 rings (SSSR count). The van der Waals surface area contributed by atoms with Gasteiger partial charge in [-0.05, 0) is 31.5 Å². The maximum absolute atomic E-state index is 12.6. The minimum absolute atomic E-state index is 0.0148. The van der Waals surface area contributed by atoms with Gasteiger partial charge < -0.3 is 4.90 Å². The third-order valence-corrected chi connectivity index (χ3v) is 5.24. The van der Waals surface area contributed by atoms with E-state index >= 15 is 0 Å². The molecule has 1 aliphatic rings. The van der Waals surface area contributed by atoms with Crippen molar-refractivity contribution in [1.29, 1.82) is 0 Å². The number of hydrogen-bond donors (Lipinski definition) is 0. The average Bonchev–Trinajstić information content (AvgIpc) is 3.15. The number of hydrogen-bond acceptors (Lipinski definition) is 5.